The van der Waals surface area contributed by atoms with Crippen LogP contribution in [-0.4, -0.2) is 14.7 Å². The maximum absolute atomic E-state index is 12.4. The number of hydrogen-bond donors (Lipinski definition) is 1. The number of thioether (sulfide) groups is 1. The van der Waals surface area contributed by atoms with E-state index in [-0.39, 0.29) is 4.90 Å². The maximum Gasteiger partial charge on any atom is 0.261 e. The van der Waals surface area contributed by atoms with Crippen molar-refractivity contribution in [2.24, 2.45) is 0 Å². The standard InChI is InChI=1S/C20H19NO3S2/c1-25-19-11-13-20(14-12-19)26(22,23)21-17-7-9-18(10-8-17)24-15-16-5-3-2-4-6-16/h2-14,21H,15H2,1H3. The van der Waals surface area contributed by atoms with Crippen molar-refractivity contribution in [2.75, 3.05) is 11.0 Å². The summed E-state index contributed by atoms with van der Waals surface area (Å²) in [5.74, 6) is 0.682. The van der Waals surface area contributed by atoms with Crippen LogP contribution in [0.2, 0.25) is 0 Å². The van der Waals surface area contributed by atoms with Gasteiger partial charge in [-0.1, -0.05) is 30.3 Å². The van der Waals surface area contributed by atoms with Gasteiger partial charge in [-0.05, 0) is 60.4 Å². The summed E-state index contributed by atoms with van der Waals surface area (Å²) in [6.45, 7) is 0.466. The number of sulfonamides is 1. The van der Waals surface area contributed by atoms with Gasteiger partial charge in [0.15, 0.2) is 0 Å². The maximum atomic E-state index is 12.4. The zero-order valence-corrected chi connectivity index (χ0v) is 15.9. The SMILES string of the molecule is CSc1ccc(S(=O)(=O)Nc2ccc(OCc3ccccc3)cc2)cc1. The van der Waals surface area contributed by atoms with Gasteiger partial charge in [0.2, 0.25) is 0 Å². The Morgan fingerprint density at radius 2 is 1.54 bits per heavy atom. The highest BCUT2D eigenvalue weighted by atomic mass is 32.2. The summed E-state index contributed by atoms with van der Waals surface area (Å²) in [6.07, 6.45) is 1.95. The van der Waals surface area contributed by atoms with Crippen molar-refractivity contribution in [1.29, 1.82) is 0 Å². The van der Waals surface area contributed by atoms with Crippen LogP contribution in [0.5, 0.6) is 5.75 Å². The highest BCUT2D eigenvalue weighted by Gasteiger charge is 2.14. The van der Waals surface area contributed by atoms with Crippen LogP contribution < -0.4 is 9.46 Å². The van der Waals surface area contributed by atoms with Gasteiger partial charge in [-0.25, -0.2) is 8.42 Å². The number of benzene rings is 3. The topological polar surface area (TPSA) is 55.4 Å². The lowest BCUT2D eigenvalue weighted by molar-refractivity contribution is 0.306. The third-order valence-corrected chi connectivity index (χ3v) is 5.87. The van der Waals surface area contributed by atoms with E-state index in [1.807, 2.05) is 36.6 Å². The Morgan fingerprint density at radius 3 is 2.15 bits per heavy atom. The second kappa shape index (κ2) is 8.29. The summed E-state index contributed by atoms with van der Waals surface area (Å²) >= 11 is 1.57. The Balaban J connectivity index is 1.64. The molecule has 0 unspecified atom stereocenters. The van der Waals surface area contributed by atoms with Crippen molar-refractivity contribution < 1.29 is 13.2 Å². The van der Waals surface area contributed by atoms with E-state index in [9.17, 15) is 8.42 Å². The molecule has 0 bridgehead atoms. The molecule has 0 aliphatic heterocycles. The first-order valence-corrected chi connectivity index (χ1v) is 10.7. The number of anilines is 1. The molecule has 4 nitrogen and oxygen atoms in total. The summed E-state index contributed by atoms with van der Waals surface area (Å²) in [6, 6.07) is 23.5. The first kappa shape index (κ1) is 18.4. The third-order valence-electron chi connectivity index (χ3n) is 3.72. The van der Waals surface area contributed by atoms with Gasteiger partial charge in [-0.3, -0.25) is 4.72 Å². The number of rotatable bonds is 7. The average Bonchev–Trinajstić information content (AvgIpc) is 2.68. The molecule has 0 radical (unpaired) electrons. The van der Waals surface area contributed by atoms with Crippen LogP contribution in [0.15, 0.2) is 88.7 Å². The first-order chi connectivity index (χ1) is 12.6. The summed E-state index contributed by atoms with van der Waals surface area (Å²) in [5.41, 5.74) is 1.57. The van der Waals surface area contributed by atoms with Crippen molar-refractivity contribution in [3.05, 3.63) is 84.4 Å². The Kier molecular flexibility index (Phi) is 5.85. The quantitative estimate of drug-likeness (QED) is 0.594. The molecule has 0 fully saturated rings. The van der Waals surface area contributed by atoms with Crippen LogP contribution in [0.3, 0.4) is 0 Å². The van der Waals surface area contributed by atoms with Gasteiger partial charge in [0, 0.05) is 10.6 Å². The number of nitrogens with one attached hydrogen (secondary N) is 1. The lowest BCUT2D eigenvalue weighted by Gasteiger charge is -2.10. The predicted octanol–water partition coefficient (Wildman–Crippen LogP) is 4.79. The minimum absolute atomic E-state index is 0.236. The molecule has 1 N–H and O–H groups in total. The average molecular weight is 386 g/mol. The fourth-order valence-electron chi connectivity index (χ4n) is 2.33. The van der Waals surface area contributed by atoms with Crippen molar-refractivity contribution in [3.63, 3.8) is 0 Å². The zero-order valence-electron chi connectivity index (χ0n) is 14.3. The molecule has 0 aromatic heterocycles. The summed E-state index contributed by atoms with van der Waals surface area (Å²) < 4.78 is 33.2. The van der Waals surface area contributed by atoms with Gasteiger partial charge in [-0.15, -0.1) is 11.8 Å². The summed E-state index contributed by atoms with van der Waals surface area (Å²) in [5, 5.41) is 0. The highest BCUT2D eigenvalue weighted by Crippen LogP contribution is 2.22. The van der Waals surface area contributed by atoms with Gasteiger partial charge in [0.05, 0.1) is 4.90 Å². The molecule has 3 aromatic carbocycles. The molecule has 0 heterocycles. The minimum Gasteiger partial charge on any atom is -0.489 e. The molecule has 3 rings (SSSR count). The van der Waals surface area contributed by atoms with Crippen molar-refractivity contribution in [2.45, 2.75) is 16.4 Å². The molecule has 6 heteroatoms. The van der Waals surface area contributed by atoms with Gasteiger partial charge < -0.3 is 4.74 Å². The van der Waals surface area contributed by atoms with Crippen LogP contribution in [0.25, 0.3) is 0 Å². The predicted molar refractivity (Wildman–Crippen MR) is 106 cm³/mol. The van der Waals surface area contributed by atoms with Crippen LogP contribution in [0.4, 0.5) is 5.69 Å². The fourth-order valence-corrected chi connectivity index (χ4v) is 3.80. The summed E-state index contributed by atoms with van der Waals surface area (Å²) in [4.78, 5) is 1.25. The van der Waals surface area contributed by atoms with Crippen LogP contribution in [-0.2, 0) is 16.6 Å². The lowest BCUT2D eigenvalue weighted by atomic mass is 10.2. The second-order valence-corrected chi connectivity index (χ2v) is 8.14. The van der Waals surface area contributed by atoms with Gasteiger partial charge >= 0.3 is 0 Å². The Hall–Kier alpha value is -2.44. The molecule has 134 valence electrons. The molecular formula is C20H19NO3S2. The summed E-state index contributed by atoms with van der Waals surface area (Å²) in [7, 11) is -3.61. The van der Waals surface area contributed by atoms with Crippen molar-refractivity contribution >= 4 is 27.5 Å². The van der Waals surface area contributed by atoms with Crippen molar-refractivity contribution in [1.82, 2.24) is 0 Å². The molecule has 0 spiro atoms. The molecule has 0 atom stereocenters. The normalized spacial score (nSPS) is 11.1. The van der Waals surface area contributed by atoms with E-state index in [0.717, 1.165) is 10.5 Å². The molecule has 0 saturated carbocycles. The van der Waals surface area contributed by atoms with Crippen molar-refractivity contribution in [3.8, 4) is 5.75 Å². The van der Waals surface area contributed by atoms with E-state index >= 15 is 0 Å². The van der Waals surface area contributed by atoms with Gasteiger partial charge in [-0.2, -0.15) is 0 Å². The highest BCUT2D eigenvalue weighted by molar-refractivity contribution is 7.98. The van der Waals surface area contributed by atoms with Crippen LogP contribution >= 0.6 is 11.8 Å². The molecule has 0 saturated heterocycles. The van der Waals surface area contributed by atoms with Crippen LogP contribution in [0, 0.1) is 0 Å². The second-order valence-electron chi connectivity index (χ2n) is 5.58. The van der Waals surface area contributed by atoms with Gasteiger partial charge in [0.25, 0.3) is 10.0 Å². The molecule has 3 aromatic rings. The van der Waals surface area contributed by atoms with E-state index in [2.05, 4.69) is 4.72 Å². The van der Waals surface area contributed by atoms with E-state index < -0.39 is 10.0 Å². The zero-order chi connectivity index (χ0) is 18.4. The molecule has 0 aliphatic rings. The molecule has 26 heavy (non-hydrogen) atoms. The van der Waals surface area contributed by atoms with E-state index in [1.54, 1.807) is 60.3 Å². The Labute approximate surface area is 158 Å². The molecular weight excluding hydrogens is 366 g/mol. The largest absolute Gasteiger partial charge is 0.489 e. The van der Waals surface area contributed by atoms with E-state index in [0.29, 0.717) is 18.0 Å². The molecule has 0 aliphatic carbocycles. The Bertz CT molecular complexity index is 939. The third kappa shape index (κ3) is 4.80. The van der Waals surface area contributed by atoms with E-state index in [1.165, 1.54) is 0 Å². The monoisotopic (exact) mass is 385 g/mol. The van der Waals surface area contributed by atoms with Gasteiger partial charge in [0.1, 0.15) is 12.4 Å². The number of ether oxygens (including phenoxy) is 1. The first-order valence-electron chi connectivity index (χ1n) is 8.00. The van der Waals surface area contributed by atoms with E-state index in [4.69, 9.17) is 4.74 Å². The lowest BCUT2D eigenvalue weighted by Crippen LogP contribution is -2.12. The van der Waals surface area contributed by atoms with Crippen LogP contribution in [0.1, 0.15) is 5.56 Å². The fraction of sp³-hybridized carbons (Fsp3) is 0.100. The molecule has 0 amide bonds. The Morgan fingerprint density at radius 1 is 0.885 bits per heavy atom. The number of hydrogen-bond acceptors (Lipinski definition) is 4. The smallest absolute Gasteiger partial charge is 0.261 e. The minimum atomic E-state index is -3.61.